The van der Waals surface area contributed by atoms with Gasteiger partial charge in [0.05, 0.1) is 6.10 Å². The molecule has 5 atom stereocenters. The number of aliphatic hydroxyl groups is 4. The van der Waals surface area contributed by atoms with Crippen LogP contribution in [0.15, 0.2) is 0 Å². The molecular formula is C8H15NO7. The monoisotopic (exact) mass is 237 g/mol. The van der Waals surface area contributed by atoms with E-state index in [1.165, 1.54) is 0 Å². The molecule has 7 N–H and O–H groups in total. The first-order chi connectivity index (χ1) is 7.31. The average Bonchev–Trinajstić information content (AvgIpc) is 2.22. The number of carbonyl (C=O) groups excluding carboxylic acids is 1. The van der Waals surface area contributed by atoms with Crippen LogP contribution in [0.25, 0.3) is 0 Å². The Hall–Kier alpha value is -0.770. The second-order valence-electron chi connectivity index (χ2n) is 3.77. The van der Waals surface area contributed by atoms with Gasteiger partial charge in [0.1, 0.15) is 30.8 Å². The van der Waals surface area contributed by atoms with Crippen molar-refractivity contribution in [3.05, 3.63) is 0 Å². The van der Waals surface area contributed by atoms with Crippen LogP contribution in [0.4, 0.5) is 0 Å². The van der Waals surface area contributed by atoms with Gasteiger partial charge in [-0.05, 0) is 0 Å². The molecule has 1 heterocycles. The maximum Gasteiger partial charge on any atom is 0.210 e. The second-order valence-corrected chi connectivity index (χ2v) is 3.77. The summed E-state index contributed by atoms with van der Waals surface area (Å²) in [5, 5.41) is 48.3. The zero-order chi connectivity index (χ0) is 12.5. The third-order valence-electron chi connectivity index (χ3n) is 2.54. The molecule has 8 heteroatoms. The molecule has 0 aromatic rings. The molecule has 8 nitrogen and oxygen atoms in total. The van der Waals surface area contributed by atoms with Gasteiger partial charge in [-0.2, -0.15) is 0 Å². The number of carbonyl (C=O) groups is 1. The van der Waals surface area contributed by atoms with E-state index in [1.54, 1.807) is 0 Å². The fourth-order valence-electron chi connectivity index (χ4n) is 1.57. The molecule has 0 saturated carbocycles. The van der Waals surface area contributed by atoms with E-state index >= 15 is 0 Å². The second kappa shape index (κ2) is 4.62. The van der Waals surface area contributed by atoms with Crippen LogP contribution in [0.2, 0.25) is 0 Å². The molecule has 1 saturated heterocycles. The smallest absolute Gasteiger partial charge is 0.210 e. The normalized spacial score (nSPS) is 41.7. The van der Waals surface area contributed by atoms with Crippen molar-refractivity contribution >= 4 is 5.97 Å². The van der Waals surface area contributed by atoms with Crippen LogP contribution < -0.4 is 10.8 Å². The number of quaternary nitrogens is 1. The number of hydrogen-bond acceptors (Lipinski definition) is 7. The van der Waals surface area contributed by atoms with Crippen molar-refractivity contribution < 1.29 is 40.8 Å². The van der Waals surface area contributed by atoms with E-state index in [2.05, 4.69) is 10.5 Å². The van der Waals surface area contributed by atoms with Gasteiger partial charge in [0, 0.05) is 6.42 Å². The Bertz CT molecular complexity index is 273. The Morgan fingerprint density at radius 1 is 1.62 bits per heavy atom. The Morgan fingerprint density at radius 2 is 2.19 bits per heavy atom. The van der Waals surface area contributed by atoms with Crippen molar-refractivity contribution in [1.82, 2.24) is 0 Å². The van der Waals surface area contributed by atoms with Crippen LogP contribution in [0.1, 0.15) is 6.42 Å². The summed E-state index contributed by atoms with van der Waals surface area (Å²) in [5.74, 6) is -4.64. The standard InChI is InChI=1S/C8H15NO7/c9-2-4(11)6-5(12)3(10)1-8(15,16-6)7(13)14/h3-6,10-12,15H,1-2,9H2,(H,13,14)/t3-,4-,5-,6-,8-/m1/s1. The van der Waals surface area contributed by atoms with Gasteiger partial charge in [-0.1, -0.05) is 0 Å². The third kappa shape index (κ3) is 2.32. The highest BCUT2D eigenvalue weighted by Gasteiger charge is 2.48. The van der Waals surface area contributed by atoms with E-state index < -0.39 is 42.6 Å². The molecular weight excluding hydrogens is 222 g/mol. The van der Waals surface area contributed by atoms with Crippen molar-refractivity contribution in [2.75, 3.05) is 6.54 Å². The molecule has 94 valence electrons. The fourth-order valence-corrected chi connectivity index (χ4v) is 1.57. The predicted octanol–water partition coefficient (Wildman–Crippen LogP) is -5.46. The van der Waals surface area contributed by atoms with Crippen LogP contribution in [-0.4, -0.2) is 63.1 Å². The molecule has 1 aliphatic heterocycles. The molecule has 16 heavy (non-hydrogen) atoms. The molecule has 1 aliphatic rings. The number of hydrogen-bond donors (Lipinski definition) is 5. The minimum atomic E-state index is -2.71. The molecule has 0 spiro atoms. The van der Waals surface area contributed by atoms with E-state index in [0.717, 1.165) is 0 Å². The summed E-state index contributed by atoms with van der Waals surface area (Å²) in [4.78, 5) is 10.6. The van der Waals surface area contributed by atoms with Crippen LogP contribution >= 0.6 is 0 Å². The maximum atomic E-state index is 10.6. The molecule has 0 aromatic heterocycles. The van der Waals surface area contributed by atoms with Gasteiger partial charge in [-0.15, -0.1) is 0 Å². The Morgan fingerprint density at radius 3 is 2.62 bits per heavy atom. The van der Waals surface area contributed by atoms with E-state index in [0.29, 0.717) is 0 Å². The summed E-state index contributed by atoms with van der Waals surface area (Å²) in [7, 11) is 0. The third-order valence-corrected chi connectivity index (χ3v) is 2.54. The molecule has 1 fully saturated rings. The maximum absolute atomic E-state index is 10.6. The molecule has 0 bridgehead atoms. The van der Waals surface area contributed by atoms with Gasteiger partial charge in [0.15, 0.2) is 0 Å². The lowest BCUT2D eigenvalue weighted by Crippen LogP contribution is -2.68. The van der Waals surface area contributed by atoms with Gasteiger partial charge in [0.2, 0.25) is 5.79 Å². The zero-order valence-corrected chi connectivity index (χ0v) is 8.44. The lowest BCUT2D eigenvalue weighted by molar-refractivity contribution is -0.409. The van der Waals surface area contributed by atoms with E-state index in [9.17, 15) is 30.3 Å². The summed E-state index contributed by atoms with van der Waals surface area (Å²) in [6, 6.07) is 0. The number of aliphatic hydroxyl groups excluding tert-OH is 3. The van der Waals surface area contributed by atoms with Crippen LogP contribution in [0, 0.1) is 0 Å². The van der Waals surface area contributed by atoms with Crippen molar-refractivity contribution in [3.63, 3.8) is 0 Å². The first-order valence-corrected chi connectivity index (χ1v) is 4.77. The SMILES string of the molecule is [NH3+]C[C@@H](O)[C@H]1O[C@@](O)(C(=O)[O-])C[C@@H](O)[C@H]1O. The molecule has 0 radical (unpaired) electrons. The molecule has 0 unspecified atom stereocenters. The number of carboxylic acid groups (broad SMARTS) is 1. The van der Waals surface area contributed by atoms with Gasteiger partial charge in [0.25, 0.3) is 0 Å². The summed E-state index contributed by atoms with van der Waals surface area (Å²) < 4.78 is 4.66. The summed E-state index contributed by atoms with van der Waals surface area (Å²) in [6.45, 7) is -0.0719. The fraction of sp³-hybridized carbons (Fsp3) is 0.875. The highest BCUT2D eigenvalue weighted by molar-refractivity contribution is 5.73. The predicted molar refractivity (Wildman–Crippen MR) is 45.2 cm³/mol. The van der Waals surface area contributed by atoms with E-state index in [-0.39, 0.29) is 6.54 Å². The summed E-state index contributed by atoms with van der Waals surface area (Å²) >= 11 is 0. The first-order valence-electron chi connectivity index (χ1n) is 4.77. The van der Waals surface area contributed by atoms with Gasteiger partial charge in [-0.3, -0.25) is 0 Å². The van der Waals surface area contributed by atoms with Crippen LogP contribution in [0.5, 0.6) is 0 Å². The van der Waals surface area contributed by atoms with Crippen LogP contribution in [-0.2, 0) is 9.53 Å². The van der Waals surface area contributed by atoms with Gasteiger partial charge in [-0.25, -0.2) is 0 Å². The van der Waals surface area contributed by atoms with E-state index in [4.69, 9.17) is 0 Å². The van der Waals surface area contributed by atoms with Crippen molar-refractivity contribution in [2.45, 2.75) is 36.6 Å². The Balaban J connectivity index is 2.89. The lowest BCUT2D eigenvalue weighted by Gasteiger charge is -2.43. The van der Waals surface area contributed by atoms with Crippen molar-refractivity contribution in [1.29, 1.82) is 0 Å². The molecule has 0 aliphatic carbocycles. The first kappa shape index (κ1) is 13.3. The summed E-state index contributed by atoms with van der Waals surface area (Å²) in [6.07, 6.45) is -6.46. The largest absolute Gasteiger partial charge is 0.544 e. The topological polar surface area (TPSA) is 158 Å². The van der Waals surface area contributed by atoms with Crippen molar-refractivity contribution in [3.8, 4) is 0 Å². The van der Waals surface area contributed by atoms with Crippen molar-refractivity contribution in [2.24, 2.45) is 0 Å². The van der Waals surface area contributed by atoms with Crippen LogP contribution in [0.3, 0.4) is 0 Å². The number of rotatable bonds is 3. The minimum absolute atomic E-state index is 0.0719. The average molecular weight is 237 g/mol. The Kier molecular flexibility index (Phi) is 3.84. The molecule has 0 amide bonds. The Labute approximate surface area is 90.9 Å². The number of aliphatic carboxylic acids is 1. The van der Waals surface area contributed by atoms with Gasteiger partial charge >= 0.3 is 0 Å². The lowest BCUT2D eigenvalue weighted by atomic mass is 9.92. The minimum Gasteiger partial charge on any atom is -0.544 e. The molecule has 0 aromatic carbocycles. The summed E-state index contributed by atoms with van der Waals surface area (Å²) in [5.41, 5.74) is 3.35. The highest BCUT2D eigenvalue weighted by Crippen LogP contribution is 2.28. The molecule has 1 rings (SSSR count). The zero-order valence-electron chi connectivity index (χ0n) is 8.44. The van der Waals surface area contributed by atoms with E-state index in [1.807, 2.05) is 0 Å². The quantitative estimate of drug-likeness (QED) is 0.327. The number of ether oxygens (including phenoxy) is 1. The van der Waals surface area contributed by atoms with Gasteiger partial charge < -0.3 is 40.8 Å². The highest BCUT2D eigenvalue weighted by atomic mass is 16.7. The number of carboxylic acids is 1.